The van der Waals surface area contributed by atoms with Crippen LogP contribution in [0.25, 0.3) is 10.6 Å². The van der Waals surface area contributed by atoms with E-state index in [1.807, 2.05) is 23.6 Å². The molecule has 0 saturated heterocycles. The van der Waals surface area contributed by atoms with Crippen molar-refractivity contribution in [2.75, 3.05) is 19.5 Å². The first kappa shape index (κ1) is 19.4. The van der Waals surface area contributed by atoms with Crippen LogP contribution in [-0.2, 0) is 22.6 Å². The molecule has 0 radical (unpaired) electrons. The van der Waals surface area contributed by atoms with Crippen LogP contribution in [-0.4, -0.2) is 40.8 Å². The van der Waals surface area contributed by atoms with E-state index in [-0.39, 0.29) is 18.9 Å². The Labute approximate surface area is 165 Å². The third-order valence-corrected chi connectivity index (χ3v) is 4.70. The first-order valence-electron chi connectivity index (χ1n) is 8.26. The number of thiazole rings is 1. The Kier molecular flexibility index (Phi) is 5.90. The third-order valence-electron chi connectivity index (χ3n) is 3.76. The van der Waals surface area contributed by atoms with E-state index < -0.39 is 5.91 Å². The average molecular weight is 401 g/mol. The Balaban J connectivity index is 1.65. The monoisotopic (exact) mass is 401 g/mol. The van der Waals surface area contributed by atoms with Crippen LogP contribution in [0.15, 0.2) is 36.0 Å². The summed E-state index contributed by atoms with van der Waals surface area (Å²) >= 11 is 1.44. The van der Waals surface area contributed by atoms with Gasteiger partial charge in [-0.25, -0.2) is 4.98 Å². The van der Waals surface area contributed by atoms with Crippen LogP contribution in [0.3, 0.4) is 0 Å². The quantitative estimate of drug-likeness (QED) is 0.592. The average Bonchev–Trinajstić information content (AvgIpc) is 3.30. The lowest BCUT2D eigenvalue weighted by atomic mass is 10.2. The van der Waals surface area contributed by atoms with Crippen LogP contribution in [0, 0.1) is 0 Å². The maximum absolute atomic E-state index is 12.2. The molecule has 0 saturated carbocycles. The third kappa shape index (κ3) is 4.65. The Hall–Kier alpha value is -3.40. The smallest absolute Gasteiger partial charge is 0.239 e. The second kappa shape index (κ2) is 8.53. The molecule has 0 atom stereocenters. The molecule has 3 N–H and O–H groups in total. The number of benzene rings is 1. The number of nitrogens with zero attached hydrogens (tertiary/aromatic N) is 3. The summed E-state index contributed by atoms with van der Waals surface area (Å²) in [6.07, 6.45) is 3.11. The molecule has 9 nitrogen and oxygen atoms in total. The van der Waals surface area contributed by atoms with Crippen LogP contribution in [0.2, 0.25) is 0 Å². The number of methoxy groups -OCH3 is 2. The van der Waals surface area contributed by atoms with Gasteiger partial charge in [-0.3, -0.25) is 14.3 Å². The zero-order valence-electron chi connectivity index (χ0n) is 15.3. The van der Waals surface area contributed by atoms with E-state index in [1.54, 1.807) is 20.4 Å². The van der Waals surface area contributed by atoms with Crippen molar-refractivity contribution in [3.8, 4) is 22.1 Å². The highest BCUT2D eigenvalue weighted by Gasteiger charge is 2.12. The second-order valence-corrected chi connectivity index (χ2v) is 6.69. The van der Waals surface area contributed by atoms with Gasteiger partial charge in [-0.15, -0.1) is 11.3 Å². The maximum atomic E-state index is 12.2. The summed E-state index contributed by atoms with van der Waals surface area (Å²) in [5, 5.41) is 9.29. The second-order valence-electron chi connectivity index (χ2n) is 5.83. The molecule has 3 aromatic rings. The Morgan fingerprint density at radius 1 is 1.25 bits per heavy atom. The molecule has 2 heterocycles. The maximum Gasteiger partial charge on any atom is 0.239 e. The first-order chi connectivity index (χ1) is 13.5. The molecule has 0 fully saturated rings. The van der Waals surface area contributed by atoms with Crippen molar-refractivity contribution in [2.45, 2.75) is 13.0 Å². The lowest BCUT2D eigenvalue weighted by molar-refractivity contribution is -0.118. The Morgan fingerprint density at radius 2 is 2.04 bits per heavy atom. The minimum atomic E-state index is -0.508. The number of hydrogen-bond donors (Lipinski definition) is 2. The van der Waals surface area contributed by atoms with E-state index in [0.29, 0.717) is 22.9 Å². The Bertz CT molecular complexity index is 998. The highest BCUT2D eigenvalue weighted by atomic mass is 32.1. The minimum Gasteiger partial charge on any atom is -0.493 e. The van der Waals surface area contributed by atoms with Gasteiger partial charge in [0.1, 0.15) is 11.6 Å². The van der Waals surface area contributed by atoms with Crippen LogP contribution >= 0.6 is 11.3 Å². The fourth-order valence-electron chi connectivity index (χ4n) is 2.53. The molecule has 28 heavy (non-hydrogen) atoms. The molecular weight excluding hydrogens is 382 g/mol. The number of carbonyl (C=O) groups excluding carboxylic acids is 2. The van der Waals surface area contributed by atoms with Gasteiger partial charge in [0.05, 0.1) is 38.2 Å². The summed E-state index contributed by atoms with van der Waals surface area (Å²) in [7, 11) is 3.15. The SMILES string of the molecule is COc1ccc(-c2nc(CC(=O)Nc3cnn(CC(N)=O)c3)cs2)cc1OC. The van der Waals surface area contributed by atoms with Crippen LogP contribution in [0.4, 0.5) is 5.69 Å². The van der Waals surface area contributed by atoms with Crippen molar-refractivity contribution in [1.29, 1.82) is 0 Å². The van der Waals surface area contributed by atoms with Crippen molar-refractivity contribution in [3.05, 3.63) is 41.7 Å². The normalized spacial score (nSPS) is 10.5. The predicted molar refractivity (Wildman–Crippen MR) is 104 cm³/mol. The lowest BCUT2D eigenvalue weighted by Gasteiger charge is -2.08. The van der Waals surface area contributed by atoms with Gasteiger partial charge in [0.2, 0.25) is 11.8 Å². The molecule has 1 aromatic carbocycles. The number of ether oxygens (including phenoxy) is 2. The molecule has 0 spiro atoms. The predicted octanol–water partition coefficient (Wildman–Crippen LogP) is 1.69. The van der Waals surface area contributed by atoms with Gasteiger partial charge in [0.25, 0.3) is 0 Å². The summed E-state index contributed by atoms with van der Waals surface area (Å²) in [5.41, 5.74) is 7.13. The lowest BCUT2D eigenvalue weighted by Crippen LogP contribution is -2.19. The number of nitrogens with one attached hydrogen (secondary N) is 1. The molecule has 0 aliphatic heterocycles. The molecule has 0 unspecified atom stereocenters. The van der Waals surface area contributed by atoms with E-state index in [0.717, 1.165) is 10.6 Å². The summed E-state index contributed by atoms with van der Waals surface area (Å²) in [6, 6.07) is 5.54. The van der Waals surface area contributed by atoms with Gasteiger partial charge in [-0.1, -0.05) is 0 Å². The van der Waals surface area contributed by atoms with Gasteiger partial charge in [-0.2, -0.15) is 5.10 Å². The number of nitrogens with two attached hydrogens (primary N) is 1. The number of anilines is 1. The van der Waals surface area contributed by atoms with Gasteiger partial charge >= 0.3 is 0 Å². The van der Waals surface area contributed by atoms with E-state index >= 15 is 0 Å². The summed E-state index contributed by atoms with van der Waals surface area (Å²) in [4.78, 5) is 27.6. The summed E-state index contributed by atoms with van der Waals surface area (Å²) in [5.74, 6) is 0.510. The fourth-order valence-corrected chi connectivity index (χ4v) is 3.35. The zero-order chi connectivity index (χ0) is 20.1. The molecule has 0 aliphatic rings. The van der Waals surface area contributed by atoms with Crippen LogP contribution in [0.1, 0.15) is 5.69 Å². The zero-order valence-corrected chi connectivity index (χ0v) is 16.2. The van der Waals surface area contributed by atoms with E-state index in [1.165, 1.54) is 22.2 Å². The van der Waals surface area contributed by atoms with Gasteiger partial charge in [-0.05, 0) is 18.2 Å². The molecule has 0 aliphatic carbocycles. The topological polar surface area (TPSA) is 121 Å². The minimum absolute atomic E-state index is 0.0450. The fraction of sp³-hybridized carbons (Fsp3) is 0.222. The number of hydrogen-bond acceptors (Lipinski definition) is 7. The molecule has 10 heteroatoms. The summed E-state index contributed by atoms with van der Waals surface area (Å²) in [6.45, 7) is -0.0450. The van der Waals surface area contributed by atoms with Crippen molar-refractivity contribution in [1.82, 2.24) is 14.8 Å². The molecule has 3 rings (SSSR count). The number of primary amides is 1. The van der Waals surface area contributed by atoms with E-state index in [9.17, 15) is 9.59 Å². The molecule has 146 valence electrons. The van der Waals surface area contributed by atoms with Crippen LogP contribution in [0.5, 0.6) is 11.5 Å². The van der Waals surface area contributed by atoms with Gasteiger partial charge in [0.15, 0.2) is 11.5 Å². The van der Waals surface area contributed by atoms with Crippen molar-refractivity contribution in [3.63, 3.8) is 0 Å². The van der Waals surface area contributed by atoms with Gasteiger partial charge in [0, 0.05) is 17.1 Å². The Morgan fingerprint density at radius 3 is 2.75 bits per heavy atom. The highest BCUT2D eigenvalue weighted by molar-refractivity contribution is 7.13. The standard InChI is InChI=1S/C18H19N5O4S/c1-26-14-4-3-11(5-15(14)27-2)18-22-12(10-28-18)6-17(25)21-13-7-20-23(8-13)9-16(19)24/h3-5,7-8,10H,6,9H2,1-2H3,(H2,19,24)(H,21,25). The summed E-state index contributed by atoms with van der Waals surface area (Å²) < 4.78 is 11.9. The first-order valence-corrected chi connectivity index (χ1v) is 9.14. The van der Waals surface area contributed by atoms with Crippen molar-refractivity contribution >= 4 is 28.8 Å². The van der Waals surface area contributed by atoms with Crippen LogP contribution < -0.4 is 20.5 Å². The number of rotatable bonds is 8. The molecule has 0 bridgehead atoms. The molecule has 2 aromatic heterocycles. The van der Waals surface area contributed by atoms with E-state index in [4.69, 9.17) is 15.2 Å². The molecular formula is C18H19N5O4S. The number of aromatic nitrogens is 3. The van der Waals surface area contributed by atoms with E-state index in [2.05, 4.69) is 15.4 Å². The highest BCUT2D eigenvalue weighted by Crippen LogP contribution is 2.33. The largest absolute Gasteiger partial charge is 0.493 e. The molecule has 2 amide bonds. The number of carbonyl (C=O) groups is 2. The van der Waals surface area contributed by atoms with Crippen molar-refractivity contribution in [2.24, 2.45) is 5.73 Å². The van der Waals surface area contributed by atoms with Crippen molar-refractivity contribution < 1.29 is 19.1 Å². The van der Waals surface area contributed by atoms with Gasteiger partial charge < -0.3 is 20.5 Å². The number of amides is 2.